The topological polar surface area (TPSA) is 66.5 Å². The van der Waals surface area contributed by atoms with Crippen molar-refractivity contribution in [2.24, 2.45) is 0 Å². The van der Waals surface area contributed by atoms with Gasteiger partial charge in [0.1, 0.15) is 0 Å². The maximum Gasteiger partial charge on any atom is 0.243 e. The minimum atomic E-state index is -3.72. The summed E-state index contributed by atoms with van der Waals surface area (Å²) in [5, 5.41) is 2.94. The van der Waals surface area contributed by atoms with Crippen molar-refractivity contribution < 1.29 is 13.2 Å². The lowest BCUT2D eigenvalue weighted by Gasteiger charge is -2.32. The van der Waals surface area contributed by atoms with Gasteiger partial charge >= 0.3 is 0 Å². The van der Waals surface area contributed by atoms with E-state index in [1.807, 2.05) is 42.5 Å². The van der Waals surface area contributed by atoms with Crippen LogP contribution in [0.1, 0.15) is 54.8 Å². The molecule has 1 saturated heterocycles. The Kier molecular flexibility index (Phi) is 6.01. The van der Waals surface area contributed by atoms with E-state index in [2.05, 4.69) is 5.32 Å². The average molecular weight is 413 g/mol. The summed E-state index contributed by atoms with van der Waals surface area (Å²) in [4.78, 5) is 12.9. The zero-order chi connectivity index (χ0) is 20.3. The monoisotopic (exact) mass is 412 g/mol. The normalized spacial score (nSPS) is 21.4. The molecule has 29 heavy (non-hydrogen) atoms. The minimum Gasteiger partial charge on any atom is -0.356 e. The van der Waals surface area contributed by atoms with E-state index in [-0.39, 0.29) is 12.3 Å². The molecule has 1 aliphatic heterocycles. The number of amides is 1. The van der Waals surface area contributed by atoms with Gasteiger partial charge in [-0.05, 0) is 60.9 Å². The molecule has 0 bridgehead atoms. The van der Waals surface area contributed by atoms with Gasteiger partial charge in [-0.15, -0.1) is 0 Å². The Labute approximate surface area is 173 Å². The number of sulfonamides is 1. The number of rotatable bonds is 3. The second kappa shape index (κ2) is 8.67. The van der Waals surface area contributed by atoms with E-state index in [4.69, 9.17) is 0 Å². The van der Waals surface area contributed by atoms with Crippen molar-refractivity contribution in [3.05, 3.63) is 65.2 Å². The lowest BCUT2D eigenvalue weighted by atomic mass is 10.0. The zero-order valence-electron chi connectivity index (χ0n) is 16.6. The lowest BCUT2D eigenvalue weighted by Crippen LogP contribution is -2.39. The van der Waals surface area contributed by atoms with Crippen LogP contribution in [0.4, 0.5) is 0 Å². The van der Waals surface area contributed by atoms with Crippen LogP contribution in [0.3, 0.4) is 0 Å². The van der Waals surface area contributed by atoms with Crippen LogP contribution >= 0.6 is 0 Å². The van der Waals surface area contributed by atoms with Gasteiger partial charge in [0.15, 0.2) is 0 Å². The molecule has 1 amide bonds. The number of hydrogen-bond acceptors (Lipinski definition) is 3. The van der Waals surface area contributed by atoms with Gasteiger partial charge in [0, 0.05) is 19.5 Å². The third kappa shape index (κ3) is 4.38. The summed E-state index contributed by atoms with van der Waals surface area (Å²) in [6.07, 6.45) is 5.70. The molecule has 0 saturated carbocycles. The highest BCUT2D eigenvalue weighted by atomic mass is 32.2. The van der Waals surface area contributed by atoms with Crippen molar-refractivity contribution in [1.29, 1.82) is 0 Å². The van der Waals surface area contributed by atoms with E-state index < -0.39 is 16.1 Å². The Morgan fingerprint density at radius 2 is 1.69 bits per heavy atom. The van der Waals surface area contributed by atoms with Crippen molar-refractivity contribution in [1.82, 2.24) is 9.62 Å². The molecule has 2 aromatic carbocycles. The summed E-state index contributed by atoms with van der Waals surface area (Å²) in [6, 6.07) is 14.6. The quantitative estimate of drug-likeness (QED) is 0.838. The molecule has 154 valence electrons. The third-order valence-electron chi connectivity index (χ3n) is 5.96. The van der Waals surface area contributed by atoms with E-state index in [9.17, 15) is 13.2 Å². The number of carbonyl (C=O) groups is 1. The van der Waals surface area contributed by atoms with Crippen LogP contribution in [0.15, 0.2) is 53.4 Å². The fraction of sp³-hybridized carbons (Fsp3) is 0.435. The van der Waals surface area contributed by atoms with Crippen molar-refractivity contribution in [2.75, 3.05) is 13.1 Å². The second-order valence-electron chi connectivity index (χ2n) is 7.94. The molecular formula is C23H28N2O3S. The minimum absolute atomic E-state index is 0.102. The molecule has 1 unspecified atom stereocenters. The Balaban J connectivity index is 1.75. The molecule has 4 rings (SSSR count). The van der Waals surface area contributed by atoms with Gasteiger partial charge in [-0.3, -0.25) is 4.79 Å². The van der Waals surface area contributed by atoms with Gasteiger partial charge in [-0.1, -0.05) is 42.8 Å². The summed E-state index contributed by atoms with van der Waals surface area (Å²) >= 11 is 0. The van der Waals surface area contributed by atoms with E-state index in [0.29, 0.717) is 18.0 Å². The molecule has 1 aliphatic carbocycles. The van der Waals surface area contributed by atoms with Gasteiger partial charge in [-0.25, -0.2) is 8.42 Å². The summed E-state index contributed by atoms with van der Waals surface area (Å²) in [5.41, 5.74) is 3.25. The van der Waals surface area contributed by atoms with Crippen LogP contribution in [-0.2, 0) is 27.7 Å². The standard InChI is InChI=1S/C23H28N2O3S/c26-23-17-22(19-8-3-1-4-9-19)25(15-6-2-5-14-24-23)29(27,28)21-13-12-18-10-7-11-20(18)16-21/h1,3-4,8-9,12-13,16,22H,2,5-7,10-11,14-15,17H2,(H,24,26). The van der Waals surface area contributed by atoms with Crippen LogP contribution < -0.4 is 5.32 Å². The summed E-state index contributed by atoms with van der Waals surface area (Å²) in [7, 11) is -3.72. The number of carbonyl (C=O) groups excluding carboxylic acids is 1. The highest BCUT2D eigenvalue weighted by molar-refractivity contribution is 7.89. The zero-order valence-corrected chi connectivity index (χ0v) is 17.5. The number of benzene rings is 2. The first-order chi connectivity index (χ1) is 14.1. The Hall–Kier alpha value is -2.18. The van der Waals surface area contributed by atoms with Gasteiger partial charge in [0.05, 0.1) is 10.9 Å². The molecule has 2 aliphatic rings. The number of hydrogen-bond donors (Lipinski definition) is 1. The second-order valence-corrected chi connectivity index (χ2v) is 9.83. The molecule has 0 radical (unpaired) electrons. The molecular weight excluding hydrogens is 384 g/mol. The molecule has 5 nitrogen and oxygen atoms in total. The fourth-order valence-corrected chi connectivity index (χ4v) is 6.10. The largest absolute Gasteiger partial charge is 0.356 e. The number of fused-ring (bicyclic) bond motifs is 1. The maximum atomic E-state index is 13.7. The van der Waals surface area contributed by atoms with Gasteiger partial charge < -0.3 is 5.32 Å². The maximum absolute atomic E-state index is 13.7. The SMILES string of the molecule is O=C1CC(c2ccccc2)N(S(=O)(=O)c2ccc3c(c2)CCC3)CCCCCN1. The molecule has 6 heteroatoms. The summed E-state index contributed by atoms with van der Waals surface area (Å²) in [5.74, 6) is -0.102. The van der Waals surface area contributed by atoms with Crippen LogP contribution in [0.5, 0.6) is 0 Å². The smallest absolute Gasteiger partial charge is 0.243 e. The van der Waals surface area contributed by atoms with Crippen molar-refractivity contribution in [3.8, 4) is 0 Å². The van der Waals surface area contributed by atoms with Gasteiger partial charge in [0.25, 0.3) is 0 Å². The predicted octanol–water partition coefficient (Wildman–Crippen LogP) is 3.60. The van der Waals surface area contributed by atoms with Crippen LogP contribution in [0, 0.1) is 0 Å². The highest BCUT2D eigenvalue weighted by Crippen LogP contribution is 2.33. The summed E-state index contributed by atoms with van der Waals surface area (Å²) in [6.45, 7) is 1.07. The third-order valence-corrected chi connectivity index (χ3v) is 7.87. The molecule has 1 heterocycles. The van der Waals surface area contributed by atoms with Crippen LogP contribution in [-0.4, -0.2) is 31.7 Å². The van der Waals surface area contributed by atoms with E-state index in [0.717, 1.165) is 49.7 Å². The van der Waals surface area contributed by atoms with E-state index >= 15 is 0 Å². The van der Waals surface area contributed by atoms with Crippen molar-refractivity contribution in [3.63, 3.8) is 0 Å². The molecule has 1 N–H and O–H groups in total. The Bertz CT molecular complexity index is 973. The predicted molar refractivity (Wildman–Crippen MR) is 113 cm³/mol. The molecule has 0 aromatic heterocycles. The lowest BCUT2D eigenvalue weighted by molar-refractivity contribution is -0.122. The first-order valence-corrected chi connectivity index (χ1v) is 11.9. The number of nitrogens with one attached hydrogen (secondary N) is 1. The van der Waals surface area contributed by atoms with Crippen LogP contribution in [0.25, 0.3) is 0 Å². The van der Waals surface area contributed by atoms with Gasteiger partial charge in [0.2, 0.25) is 15.9 Å². The van der Waals surface area contributed by atoms with E-state index in [1.54, 1.807) is 10.4 Å². The first-order valence-electron chi connectivity index (χ1n) is 10.5. The molecule has 1 fully saturated rings. The summed E-state index contributed by atoms with van der Waals surface area (Å²) < 4.78 is 29.0. The first kappa shape index (κ1) is 20.1. The van der Waals surface area contributed by atoms with Gasteiger partial charge in [-0.2, -0.15) is 4.31 Å². The molecule has 2 aromatic rings. The van der Waals surface area contributed by atoms with Crippen molar-refractivity contribution >= 4 is 15.9 Å². The Morgan fingerprint density at radius 3 is 2.52 bits per heavy atom. The van der Waals surface area contributed by atoms with E-state index in [1.165, 1.54) is 5.56 Å². The Morgan fingerprint density at radius 1 is 0.897 bits per heavy atom. The van der Waals surface area contributed by atoms with Crippen molar-refractivity contribution in [2.45, 2.75) is 55.9 Å². The number of aryl methyl sites for hydroxylation is 2. The highest BCUT2D eigenvalue weighted by Gasteiger charge is 2.34. The molecule has 1 atom stereocenters. The van der Waals surface area contributed by atoms with Crippen LogP contribution in [0.2, 0.25) is 0 Å². The average Bonchev–Trinajstić information content (AvgIpc) is 3.20. The molecule has 0 spiro atoms. The number of nitrogens with zero attached hydrogens (tertiary/aromatic N) is 1. The fourth-order valence-electron chi connectivity index (χ4n) is 4.39.